The van der Waals surface area contributed by atoms with Crippen LogP contribution in [0.5, 0.6) is 17.2 Å². The highest BCUT2D eigenvalue weighted by atomic mass is 35.5. The molecule has 0 saturated carbocycles. The maximum Gasteiger partial charge on any atom is 0.226 e. The van der Waals surface area contributed by atoms with Crippen LogP contribution in [-0.2, 0) is 0 Å². The number of methoxy groups -OCH3 is 3. The largest absolute Gasteiger partial charge is 0.496 e. The summed E-state index contributed by atoms with van der Waals surface area (Å²) < 4.78 is 18.3. The van der Waals surface area contributed by atoms with Gasteiger partial charge in [0.15, 0.2) is 11.5 Å². The van der Waals surface area contributed by atoms with E-state index in [1.165, 1.54) is 6.33 Å². The first-order valence-electron chi connectivity index (χ1n) is 8.58. The molecule has 7 nitrogen and oxygen atoms in total. The van der Waals surface area contributed by atoms with Gasteiger partial charge >= 0.3 is 0 Å². The molecule has 0 fully saturated rings. The van der Waals surface area contributed by atoms with Crippen LogP contribution in [0.3, 0.4) is 0 Å². The highest BCUT2D eigenvalue weighted by Gasteiger charge is 2.27. The van der Waals surface area contributed by atoms with Gasteiger partial charge < -0.3 is 19.5 Å². The van der Waals surface area contributed by atoms with Gasteiger partial charge in [-0.2, -0.15) is 10.1 Å². The van der Waals surface area contributed by atoms with E-state index >= 15 is 0 Å². The van der Waals surface area contributed by atoms with Gasteiger partial charge in [-0.05, 0) is 29.8 Å². The van der Waals surface area contributed by atoms with Crippen LogP contribution in [-0.4, -0.2) is 36.1 Å². The molecule has 0 saturated heterocycles. The highest BCUT2D eigenvalue weighted by Crippen LogP contribution is 2.41. The number of nitrogens with zero attached hydrogens (tertiary/aromatic N) is 3. The molecule has 1 aromatic heterocycles. The van der Waals surface area contributed by atoms with Gasteiger partial charge in [0.05, 0.1) is 21.3 Å². The van der Waals surface area contributed by atoms with Gasteiger partial charge in [-0.25, -0.2) is 4.68 Å². The first-order valence-corrected chi connectivity index (χ1v) is 8.96. The maximum absolute atomic E-state index is 6.03. The van der Waals surface area contributed by atoms with Crippen molar-refractivity contribution in [2.24, 2.45) is 0 Å². The zero-order valence-electron chi connectivity index (χ0n) is 15.6. The third-order valence-corrected chi connectivity index (χ3v) is 4.87. The third-order valence-electron chi connectivity index (χ3n) is 4.62. The number of benzene rings is 2. The molecule has 1 aliphatic heterocycles. The number of ether oxygens (including phenoxy) is 3. The first-order chi connectivity index (χ1) is 13.6. The van der Waals surface area contributed by atoms with E-state index in [9.17, 15) is 0 Å². The van der Waals surface area contributed by atoms with Crippen molar-refractivity contribution in [2.45, 2.75) is 6.04 Å². The SMILES string of the molecule is COc1cc(OC)c(C2C=C(c3ccc(Cl)cc3)Nc3ncnn32)cc1OC. The Labute approximate surface area is 167 Å². The van der Waals surface area contributed by atoms with Gasteiger partial charge in [-0.15, -0.1) is 0 Å². The molecule has 1 N–H and O–H groups in total. The number of rotatable bonds is 5. The predicted molar refractivity (Wildman–Crippen MR) is 107 cm³/mol. The van der Waals surface area contributed by atoms with Crippen LogP contribution in [0, 0.1) is 0 Å². The molecule has 1 unspecified atom stereocenters. The smallest absolute Gasteiger partial charge is 0.226 e. The van der Waals surface area contributed by atoms with E-state index in [1.54, 1.807) is 26.0 Å². The van der Waals surface area contributed by atoms with E-state index in [0.29, 0.717) is 28.2 Å². The molecule has 2 aromatic carbocycles. The summed E-state index contributed by atoms with van der Waals surface area (Å²) in [5.74, 6) is 2.50. The molecule has 28 heavy (non-hydrogen) atoms. The van der Waals surface area contributed by atoms with E-state index in [1.807, 2.05) is 36.4 Å². The second-order valence-electron chi connectivity index (χ2n) is 6.13. The molecule has 0 aliphatic carbocycles. The van der Waals surface area contributed by atoms with E-state index in [0.717, 1.165) is 16.8 Å². The summed E-state index contributed by atoms with van der Waals surface area (Å²) in [6.07, 6.45) is 3.58. The second kappa shape index (κ2) is 7.44. The molecule has 3 aromatic rings. The van der Waals surface area contributed by atoms with Crippen LogP contribution in [0.25, 0.3) is 5.70 Å². The number of nitrogens with one attached hydrogen (secondary N) is 1. The summed E-state index contributed by atoms with van der Waals surface area (Å²) >= 11 is 6.03. The molecule has 1 aliphatic rings. The highest BCUT2D eigenvalue weighted by molar-refractivity contribution is 6.30. The van der Waals surface area contributed by atoms with Crippen LogP contribution < -0.4 is 19.5 Å². The molecule has 8 heteroatoms. The molecule has 0 spiro atoms. The lowest BCUT2D eigenvalue weighted by Crippen LogP contribution is -2.20. The zero-order valence-corrected chi connectivity index (χ0v) is 16.4. The zero-order chi connectivity index (χ0) is 19.7. The average Bonchev–Trinajstić information content (AvgIpc) is 3.21. The van der Waals surface area contributed by atoms with E-state index in [2.05, 4.69) is 21.5 Å². The molecule has 1 atom stereocenters. The lowest BCUT2D eigenvalue weighted by molar-refractivity contribution is 0.346. The average molecular weight is 399 g/mol. The van der Waals surface area contributed by atoms with E-state index in [4.69, 9.17) is 25.8 Å². The van der Waals surface area contributed by atoms with E-state index < -0.39 is 0 Å². The Balaban J connectivity index is 1.87. The lowest BCUT2D eigenvalue weighted by atomic mass is 10.00. The number of hydrogen-bond acceptors (Lipinski definition) is 6. The second-order valence-corrected chi connectivity index (χ2v) is 6.57. The fraction of sp³-hybridized carbons (Fsp3) is 0.200. The minimum Gasteiger partial charge on any atom is -0.496 e. The predicted octanol–water partition coefficient (Wildman–Crippen LogP) is 4.01. The van der Waals surface area contributed by atoms with Crippen molar-refractivity contribution in [2.75, 3.05) is 26.6 Å². The Morgan fingerprint density at radius 3 is 2.32 bits per heavy atom. The number of allylic oxidation sites excluding steroid dienone is 1. The maximum atomic E-state index is 6.03. The van der Waals surface area contributed by atoms with Gasteiger partial charge in [-0.3, -0.25) is 0 Å². The molecular formula is C20H19ClN4O3. The number of halogens is 1. The van der Waals surface area contributed by atoms with Crippen LogP contribution in [0.2, 0.25) is 5.02 Å². The Morgan fingerprint density at radius 1 is 0.964 bits per heavy atom. The summed E-state index contributed by atoms with van der Waals surface area (Å²) in [5, 5.41) is 8.37. The minimum absolute atomic E-state index is 0.251. The Hall–Kier alpha value is -3.19. The summed E-state index contributed by atoms with van der Waals surface area (Å²) in [5.41, 5.74) is 2.77. The molecule has 144 valence electrons. The van der Waals surface area contributed by atoms with Crippen LogP contribution in [0.1, 0.15) is 17.2 Å². The summed E-state index contributed by atoms with van der Waals surface area (Å²) in [6, 6.07) is 11.1. The first kappa shape index (κ1) is 18.2. The topological polar surface area (TPSA) is 70.4 Å². The summed E-state index contributed by atoms with van der Waals surface area (Å²) in [6.45, 7) is 0. The molecule has 0 bridgehead atoms. The van der Waals surface area contributed by atoms with Crippen molar-refractivity contribution in [1.29, 1.82) is 0 Å². The van der Waals surface area contributed by atoms with Gasteiger partial charge in [-0.1, -0.05) is 23.7 Å². The van der Waals surface area contributed by atoms with Crippen molar-refractivity contribution in [3.05, 3.63) is 65.0 Å². The Bertz CT molecular complexity index is 1030. The van der Waals surface area contributed by atoms with Gasteiger partial charge in [0.1, 0.15) is 18.1 Å². The monoisotopic (exact) mass is 398 g/mol. The quantitative estimate of drug-likeness (QED) is 0.700. The molecule has 0 amide bonds. The van der Waals surface area contributed by atoms with Gasteiger partial charge in [0.25, 0.3) is 0 Å². The van der Waals surface area contributed by atoms with Crippen LogP contribution in [0.15, 0.2) is 48.8 Å². The minimum atomic E-state index is -0.251. The normalized spacial score (nSPS) is 15.3. The number of fused-ring (bicyclic) bond motifs is 1. The summed E-state index contributed by atoms with van der Waals surface area (Å²) in [7, 11) is 4.82. The van der Waals surface area contributed by atoms with Crippen LogP contribution >= 0.6 is 11.6 Å². The number of aromatic nitrogens is 3. The summed E-state index contributed by atoms with van der Waals surface area (Å²) in [4.78, 5) is 4.33. The van der Waals surface area contributed by atoms with Crippen molar-refractivity contribution in [3.8, 4) is 17.2 Å². The Kier molecular flexibility index (Phi) is 4.83. The third kappa shape index (κ3) is 3.14. The van der Waals surface area contributed by atoms with Crippen molar-refractivity contribution < 1.29 is 14.2 Å². The Morgan fingerprint density at radius 2 is 1.64 bits per heavy atom. The van der Waals surface area contributed by atoms with E-state index in [-0.39, 0.29) is 6.04 Å². The van der Waals surface area contributed by atoms with Gasteiger partial charge in [0.2, 0.25) is 5.95 Å². The lowest BCUT2D eigenvalue weighted by Gasteiger charge is -2.26. The molecule has 0 radical (unpaired) electrons. The molecule has 4 rings (SSSR count). The van der Waals surface area contributed by atoms with Gasteiger partial charge in [0, 0.05) is 22.3 Å². The van der Waals surface area contributed by atoms with Crippen molar-refractivity contribution in [1.82, 2.24) is 14.8 Å². The fourth-order valence-electron chi connectivity index (χ4n) is 3.24. The molecule has 2 heterocycles. The fourth-order valence-corrected chi connectivity index (χ4v) is 3.36. The van der Waals surface area contributed by atoms with Crippen LogP contribution in [0.4, 0.5) is 5.95 Å². The molecular weight excluding hydrogens is 380 g/mol. The van der Waals surface area contributed by atoms with Crippen molar-refractivity contribution >= 4 is 23.2 Å². The number of anilines is 1. The van der Waals surface area contributed by atoms with Crippen molar-refractivity contribution in [3.63, 3.8) is 0 Å². The standard InChI is InChI=1S/C20H19ClN4O3/c1-26-17-10-19(28-3)18(27-2)8-14(17)16-9-15(12-4-6-13(21)7-5-12)24-20-22-11-23-25(16)20/h4-11,16H,1-3H3,(H,22,23,24). The number of hydrogen-bond donors (Lipinski definition) is 1.